The van der Waals surface area contributed by atoms with Crippen LogP contribution < -0.4 is 10.5 Å². The van der Waals surface area contributed by atoms with Crippen LogP contribution in [0.1, 0.15) is 25.7 Å². The molecule has 0 bridgehead atoms. The number of benzene rings is 1. The summed E-state index contributed by atoms with van der Waals surface area (Å²) in [7, 11) is -3.58. The second-order valence-electron chi connectivity index (χ2n) is 4.78. The molecule has 0 unspecified atom stereocenters. The van der Waals surface area contributed by atoms with Crippen LogP contribution in [-0.4, -0.2) is 20.5 Å². The summed E-state index contributed by atoms with van der Waals surface area (Å²) < 4.78 is 27.9. The Kier molecular flexibility index (Phi) is 4.89. The van der Waals surface area contributed by atoms with Crippen molar-refractivity contribution in [1.82, 2.24) is 4.72 Å². The molecule has 3 N–H and O–H groups in total. The average molecular weight is 368 g/mol. The van der Waals surface area contributed by atoms with E-state index in [2.05, 4.69) is 20.7 Å². The van der Waals surface area contributed by atoms with E-state index >= 15 is 0 Å². The smallest absolute Gasteiger partial charge is 0.242 e. The lowest BCUT2D eigenvalue weighted by atomic mass is 9.93. The Morgan fingerprint density at radius 1 is 1.26 bits per heavy atom. The van der Waals surface area contributed by atoms with Crippen LogP contribution in [0.25, 0.3) is 0 Å². The van der Waals surface area contributed by atoms with E-state index in [1.54, 1.807) is 12.1 Å². The lowest BCUT2D eigenvalue weighted by molar-refractivity contribution is 0.373. The van der Waals surface area contributed by atoms with Crippen molar-refractivity contribution in [1.29, 1.82) is 0 Å². The monoisotopic (exact) mass is 366 g/mol. The molecule has 0 amide bonds. The van der Waals surface area contributed by atoms with Crippen LogP contribution in [0.2, 0.25) is 5.02 Å². The molecular weight excluding hydrogens is 352 g/mol. The Labute approximate surface area is 126 Å². The van der Waals surface area contributed by atoms with Crippen LogP contribution in [0.3, 0.4) is 0 Å². The van der Waals surface area contributed by atoms with E-state index in [0.717, 1.165) is 25.7 Å². The van der Waals surface area contributed by atoms with Gasteiger partial charge < -0.3 is 5.73 Å². The second kappa shape index (κ2) is 6.10. The predicted molar refractivity (Wildman–Crippen MR) is 79.7 cm³/mol. The summed E-state index contributed by atoms with van der Waals surface area (Å²) in [6, 6.07) is 5.00. The lowest BCUT2D eigenvalue weighted by Gasteiger charge is -2.26. The van der Waals surface area contributed by atoms with Crippen LogP contribution in [0, 0.1) is 0 Å². The van der Waals surface area contributed by atoms with Crippen molar-refractivity contribution >= 4 is 37.6 Å². The molecule has 0 saturated heterocycles. The molecule has 2 rings (SSSR count). The highest BCUT2D eigenvalue weighted by Gasteiger charge is 2.26. The minimum absolute atomic E-state index is 0.0557. The van der Waals surface area contributed by atoms with E-state index in [1.165, 1.54) is 6.07 Å². The van der Waals surface area contributed by atoms with Crippen molar-refractivity contribution in [2.45, 2.75) is 42.7 Å². The van der Waals surface area contributed by atoms with Gasteiger partial charge in [-0.25, -0.2) is 13.1 Å². The molecule has 1 saturated carbocycles. The second-order valence-corrected chi connectivity index (χ2v) is 7.70. The molecule has 106 valence electrons. The Bertz CT molecular complexity index is 557. The SMILES string of the molecule is NC1CCC(NS(=O)(=O)c2cccc(Br)c2Cl)CC1. The van der Waals surface area contributed by atoms with Crippen molar-refractivity contribution < 1.29 is 8.42 Å². The van der Waals surface area contributed by atoms with Gasteiger partial charge in [0.2, 0.25) is 10.0 Å². The molecule has 0 spiro atoms. The van der Waals surface area contributed by atoms with Gasteiger partial charge in [-0.2, -0.15) is 0 Å². The first-order valence-electron chi connectivity index (χ1n) is 6.12. The highest BCUT2D eigenvalue weighted by molar-refractivity contribution is 9.10. The normalized spacial score (nSPS) is 24.4. The largest absolute Gasteiger partial charge is 0.328 e. The summed E-state index contributed by atoms with van der Waals surface area (Å²) in [6.45, 7) is 0. The van der Waals surface area contributed by atoms with Gasteiger partial charge in [-0.15, -0.1) is 0 Å². The molecule has 0 aromatic heterocycles. The van der Waals surface area contributed by atoms with E-state index in [1.807, 2.05) is 0 Å². The number of nitrogens with one attached hydrogen (secondary N) is 1. The molecule has 1 fully saturated rings. The number of halogens is 2. The first-order valence-corrected chi connectivity index (χ1v) is 8.77. The molecule has 1 aliphatic carbocycles. The van der Waals surface area contributed by atoms with Gasteiger partial charge in [-0.05, 0) is 53.7 Å². The van der Waals surface area contributed by atoms with Crippen molar-refractivity contribution in [3.63, 3.8) is 0 Å². The molecule has 0 heterocycles. The van der Waals surface area contributed by atoms with E-state index in [9.17, 15) is 8.42 Å². The fourth-order valence-corrected chi connectivity index (χ4v) is 4.54. The average Bonchev–Trinajstić information content (AvgIpc) is 2.35. The number of rotatable bonds is 3. The van der Waals surface area contributed by atoms with Gasteiger partial charge in [0, 0.05) is 16.6 Å². The maximum absolute atomic E-state index is 12.3. The summed E-state index contributed by atoms with van der Waals surface area (Å²) in [6.07, 6.45) is 3.23. The van der Waals surface area contributed by atoms with E-state index < -0.39 is 10.0 Å². The molecule has 1 aromatic carbocycles. The van der Waals surface area contributed by atoms with Gasteiger partial charge in [-0.3, -0.25) is 0 Å². The minimum Gasteiger partial charge on any atom is -0.328 e. The summed E-state index contributed by atoms with van der Waals surface area (Å²) >= 11 is 9.26. The van der Waals surface area contributed by atoms with E-state index in [4.69, 9.17) is 17.3 Å². The first kappa shape index (κ1) is 15.3. The summed E-state index contributed by atoms with van der Waals surface area (Å²) in [5.41, 5.74) is 5.81. The molecule has 0 aliphatic heterocycles. The van der Waals surface area contributed by atoms with Crippen molar-refractivity contribution in [3.05, 3.63) is 27.7 Å². The van der Waals surface area contributed by atoms with Crippen LogP contribution in [0.5, 0.6) is 0 Å². The molecule has 19 heavy (non-hydrogen) atoms. The van der Waals surface area contributed by atoms with Crippen LogP contribution >= 0.6 is 27.5 Å². The van der Waals surface area contributed by atoms with Crippen molar-refractivity contribution in [2.24, 2.45) is 5.73 Å². The van der Waals surface area contributed by atoms with Gasteiger partial charge in [0.25, 0.3) is 0 Å². The van der Waals surface area contributed by atoms with Gasteiger partial charge >= 0.3 is 0 Å². The Balaban J connectivity index is 2.16. The fraction of sp³-hybridized carbons (Fsp3) is 0.500. The highest BCUT2D eigenvalue weighted by atomic mass is 79.9. The third kappa shape index (κ3) is 3.70. The number of hydrogen-bond donors (Lipinski definition) is 2. The maximum atomic E-state index is 12.3. The zero-order valence-corrected chi connectivity index (χ0v) is 13.4. The topological polar surface area (TPSA) is 72.2 Å². The summed E-state index contributed by atoms with van der Waals surface area (Å²) in [5.74, 6) is 0. The molecule has 4 nitrogen and oxygen atoms in total. The number of nitrogens with two attached hydrogens (primary N) is 1. The zero-order valence-electron chi connectivity index (χ0n) is 10.3. The van der Waals surface area contributed by atoms with E-state index in [-0.39, 0.29) is 22.0 Å². The Morgan fingerprint density at radius 2 is 1.89 bits per heavy atom. The van der Waals surface area contributed by atoms with E-state index in [0.29, 0.717) is 4.47 Å². The van der Waals surface area contributed by atoms with Crippen LogP contribution in [0.4, 0.5) is 0 Å². The van der Waals surface area contributed by atoms with Crippen molar-refractivity contribution in [3.8, 4) is 0 Å². The lowest BCUT2D eigenvalue weighted by Crippen LogP contribution is -2.40. The minimum atomic E-state index is -3.58. The van der Waals surface area contributed by atoms with Gasteiger partial charge in [0.05, 0.1) is 5.02 Å². The summed E-state index contributed by atoms with van der Waals surface area (Å²) in [4.78, 5) is 0.110. The van der Waals surface area contributed by atoms with Crippen LogP contribution in [0.15, 0.2) is 27.6 Å². The van der Waals surface area contributed by atoms with Gasteiger partial charge in [0.15, 0.2) is 0 Å². The number of sulfonamides is 1. The quantitative estimate of drug-likeness (QED) is 0.862. The van der Waals surface area contributed by atoms with Crippen LogP contribution in [-0.2, 0) is 10.0 Å². The fourth-order valence-electron chi connectivity index (χ4n) is 2.21. The van der Waals surface area contributed by atoms with Gasteiger partial charge in [-0.1, -0.05) is 17.7 Å². The molecular formula is C12H16BrClN2O2S. The molecule has 0 radical (unpaired) electrons. The Hall–Kier alpha value is -0.140. The van der Waals surface area contributed by atoms with Crippen molar-refractivity contribution in [2.75, 3.05) is 0 Å². The highest BCUT2D eigenvalue weighted by Crippen LogP contribution is 2.30. The maximum Gasteiger partial charge on any atom is 0.242 e. The molecule has 1 aromatic rings. The summed E-state index contributed by atoms with van der Waals surface area (Å²) in [5, 5.41) is 0.211. The number of hydrogen-bond acceptors (Lipinski definition) is 3. The predicted octanol–water partition coefficient (Wildman–Crippen LogP) is 2.65. The standard InChI is InChI=1S/C12H16BrClN2O2S/c13-10-2-1-3-11(12(10)14)19(17,18)16-9-6-4-8(15)5-7-9/h1-3,8-9,16H,4-7,15H2. The zero-order chi connectivity index (χ0) is 14.0. The molecule has 0 atom stereocenters. The molecule has 7 heteroatoms. The Morgan fingerprint density at radius 3 is 2.53 bits per heavy atom. The molecule has 1 aliphatic rings. The third-order valence-corrected chi connectivity index (χ3v) is 6.27. The van der Waals surface area contributed by atoms with Gasteiger partial charge in [0.1, 0.15) is 4.90 Å². The third-order valence-electron chi connectivity index (χ3n) is 3.30. The first-order chi connectivity index (χ1) is 8.90.